The maximum absolute atomic E-state index is 11.5. The molecule has 1 aromatic carbocycles. The molecule has 1 fully saturated rings. The second-order valence-corrected chi connectivity index (χ2v) is 3.96. The van der Waals surface area contributed by atoms with Crippen LogP contribution in [0.4, 0.5) is 4.79 Å². The van der Waals surface area contributed by atoms with Crippen LogP contribution in [-0.2, 0) is 16.1 Å². The molecule has 0 radical (unpaired) electrons. The Morgan fingerprint density at radius 3 is 2.53 bits per heavy atom. The SMILES string of the molecule is O=C([O-])C1CN(C(=O)OCc2ccccc2)C1. The van der Waals surface area contributed by atoms with Gasteiger partial charge in [-0.3, -0.25) is 0 Å². The highest BCUT2D eigenvalue weighted by Gasteiger charge is 2.32. The third-order valence-corrected chi connectivity index (χ3v) is 2.68. The molecule has 1 aliphatic heterocycles. The Labute approximate surface area is 98.6 Å². The van der Waals surface area contributed by atoms with Gasteiger partial charge in [-0.25, -0.2) is 4.79 Å². The lowest BCUT2D eigenvalue weighted by Gasteiger charge is -2.38. The van der Waals surface area contributed by atoms with Crippen molar-refractivity contribution in [2.45, 2.75) is 6.61 Å². The zero-order valence-electron chi connectivity index (χ0n) is 9.17. The predicted molar refractivity (Wildman–Crippen MR) is 56.7 cm³/mol. The zero-order valence-corrected chi connectivity index (χ0v) is 9.17. The molecule has 0 N–H and O–H groups in total. The molecule has 0 bridgehead atoms. The van der Waals surface area contributed by atoms with Crippen LogP contribution < -0.4 is 5.11 Å². The lowest BCUT2D eigenvalue weighted by atomic mass is 10.0. The van der Waals surface area contributed by atoms with Gasteiger partial charge in [0.1, 0.15) is 6.61 Å². The molecule has 5 nitrogen and oxygen atoms in total. The molecule has 0 spiro atoms. The third kappa shape index (κ3) is 2.75. The number of nitrogens with zero attached hydrogens (tertiary/aromatic N) is 1. The van der Waals surface area contributed by atoms with E-state index in [1.807, 2.05) is 30.3 Å². The summed E-state index contributed by atoms with van der Waals surface area (Å²) in [5.41, 5.74) is 0.901. The number of carboxylic acid groups (broad SMARTS) is 1. The van der Waals surface area contributed by atoms with Crippen LogP contribution in [0.3, 0.4) is 0 Å². The van der Waals surface area contributed by atoms with Crippen LogP contribution >= 0.6 is 0 Å². The second kappa shape index (κ2) is 4.86. The molecular weight excluding hydrogens is 222 g/mol. The van der Waals surface area contributed by atoms with Crippen molar-refractivity contribution in [2.75, 3.05) is 13.1 Å². The van der Waals surface area contributed by atoms with Gasteiger partial charge in [-0.05, 0) is 5.56 Å². The van der Waals surface area contributed by atoms with Gasteiger partial charge in [-0.1, -0.05) is 30.3 Å². The summed E-state index contributed by atoms with van der Waals surface area (Å²) in [6.45, 7) is 0.554. The number of carbonyl (C=O) groups is 2. The molecule has 2 rings (SSSR count). The van der Waals surface area contributed by atoms with Gasteiger partial charge in [0.15, 0.2) is 0 Å². The van der Waals surface area contributed by atoms with E-state index in [1.165, 1.54) is 4.90 Å². The highest BCUT2D eigenvalue weighted by atomic mass is 16.6. The average Bonchev–Trinajstić information content (AvgIpc) is 2.25. The van der Waals surface area contributed by atoms with E-state index in [0.717, 1.165) is 5.56 Å². The van der Waals surface area contributed by atoms with Crippen molar-refractivity contribution in [1.29, 1.82) is 0 Å². The van der Waals surface area contributed by atoms with Crippen molar-refractivity contribution in [2.24, 2.45) is 5.92 Å². The number of aliphatic carboxylic acids is 1. The lowest BCUT2D eigenvalue weighted by Crippen LogP contribution is -2.56. The standard InChI is InChI=1S/C12H13NO4/c14-11(15)10-6-13(7-10)12(16)17-8-9-4-2-1-3-5-9/h1-5,10H,6-8H2,(H,14,15)/p-1. The normalized spacial score (nSPS) is 15.2. The number of benzene rings is 1. The lowest BCUT2D eigenvalue weighted by molar-refractivity contribution is -0.315. The van der Waals surface area contributed by atoms with Crippen molar-refractivity contribution in [3.63, 3.8) is 0 Å². The van der Waals surface area contributed by atoms with Gasteiger partial charge in [-0.15, -0.1) is 0 Å². The minimum atomic E-state index is -1.11. The molecule has 0 aromatic heterocycles. The summed E-state index contributed by atoms with van der Waals surface area (Å²) in [6.07, 6.45) is -0.480. The second-order valence-electron chi connectivity index (χ2n) is 3.96. The first-order valence-electron chi connectivity index (χ1n) is 5.33. The summed E-state index contributed by atoms with van der Waals surface area (Å²) in [5, 5.41) is 10.4. The van der Waals surface area contributed by atoms with Crippen molar-refractivity contribution in [1.82, 2.24) is 4.90 Å². The van der Waals surface area contributed by atoms with Crippen molar-refractivity contribution >= 4 is 12.1 Å². The van der Waals surface area contributed by atoms with Crippen LogP contribution in [0.2, 0.25) is 0 Å². The van der Waals surface area contributed by atoms with Gasteiger partial charge < -0.3 is 19.5 Å². The third-order valence-electron chi connectivity index (χ3n) is 2.68. The fourth-order valence-electron chi connectivity index (χ4n) is 1.59. The number of carbonyl (C=O) groups excluding carboxylic acids is 2. The van der Waals surface area contributed by atoms with Crippen molar-refractivity contribution in [3.05, 3.63) is 35.9 Å². The monoisotopic (exact) mass is 234 g/mol. The first-order valence-corrected chi connectivity index (χ1v) is 5.33. The molecule has 0 atom stereocenters. The number of rotatable bonds is 3. The van der Waals surface area contributed by atoms with Gasteiger partial charge in [0.25, 0.3) is 0 Å². The van der Waals surface area contributed by atoms with Crippen molar-refractivity contribution < 1.29 is 19.4 Å². The summed E-state index contributed by atoms with van der Waals surface area (Å²) >= 11 is 0. The predicted octanol–water partition coefficient (Wildman–Crippen LogP) is 0.00490. The van der Waals surface area contributed by atoms with E-state index in [2.05, 4.69) is 0 Å². The summed E-state index contributed by atoms with van der Waals surface area (Å²) in [5.74, 6) is -1.67. The minimum absolute atomic E-state index is 0.177. The Morgan fingerprint density at radius 1 is 1.29 bits per heavy atom. The molecule has 0 aliphatic carbocycles. The maximum atomic E-state index is 11.5. The molecule has 5 heteroatoms. The first-order chi connectivity index (χ1) is 8.16. The zero-order chi connectivity index (χ0) is 12.3. The minimum Gasteiger partial charge on any atom is -0.550 e. The fourth-order valence-corrected chi connectivity index (χ4v) is 1.59. The average molecular weight is 234 g/mol. The molecule has 1 aliphatic rings. The molecule has 17 heavy (non-hydrogen) atoms. The Kier molecular flexibility index (Phi) is 3.27. The van der Waals surface area contributed by atoms with E-state index < -0.39 is 18.0 Å². The quantitative estimate of drug-likeness (QED) is 0.738. The van der Waals surface area contributed by atoms with E-state index >= 15 is 0 Å². The number of amides is 1. The molecule has 0 unspecified atom stereocenters. The van der Waals surface area contributed by atoms with E-state index in [0.29, 0.717) is 0 Å². The smallest absolute Gasteiger partial charge is 0.410 e. The molecule has 1 saturated heterocycles. The van der Waals surface area contributed by atoms with E-state index in [4.69, 9.17) is 4.74 Å². The topological polar surface area (TPSA) is 69.7 Å². The Morgan fingerprint density at radius 2 is 1.94 bits per heavy atom. The molecule has 1 amide bonds. The van der Waals surface area contributed by atoms with Gasteiger partial charge in [-0.2, -0.15) is 0 Å². The summed E-state index contributed by atoms with van der Waals surface area (Å²) in [7, 11) is 0. The number of likely N-dealkylation sites (tertiary alicyclic amines) is 1. The number of hydrogen-bond acceptors (Lipinski definition) is 4. The maximum Gasteiger partial charge on any atom is 0.410 e. The molecule has 1 aromatic rings. The Balaban J connectivity index is 1.74. The van der Waals surface area contributed by atoms with E-state index in [-0.39, 0.29) is 19.7 Å². The Hall–Kier alpha value is -2.04. The van der Waals surface area contributed by atoms with Gasteiger partial charge in [0, 0.05) is 25.0 Å². The largest absolute Gasteiger partial charge is 0.550 e. The molecule has 90 valence electrons. The van der Waals surface area contributed by atoms with Crippen LogP contribution in [0.5, 0.6) is 0 Å². The van der Waals surface area contributed by atoms with Crippen LogP contribution in [0.15, 0.2) is 30.3 Å². The molecule has 0 saturated carbocycles. The summed E-state index contributed by atoms with van der Waals surface area (Å²) < 4.78 is 5.03. The van der Waals surface area contributed by atoms with Crippen molar-refractivity contribution in [3.8, 4) is 0 Å². The number of ether oxygens (including phenoxy) is 1. The highest BCUT2D eigenvalue weighted by Crippen LogP contribution is 2.16. The fraction of sp³-hybridized carbons (Fsp3) is 0.333. The van der Waals surface area contributed by atoms with E-state index in [9.17, 15) is 14.7 Å². The van der Waals surface area contributed by atoms with Crippen LogP contribution in [-0.4, -0.2) is 30.1 Å². The summed E-state index contributed by atoms with van der Waals surface area (Å²) in [6, 6.07) is 9.31. The van der Waals surface area contributed by atoms with Crippen LogP contribution in [0, 0.1) is 5.92 Å². The van der Waals surface area contributed by atoms with Gasteiger partial charge >= 0.3 is 6.09 Å². The Bertz CT molecular complexity index is 412. The van der Waals surface area contributed by atoms with Gasteiger partial charge in [0.05, 0.1) is 0 Å². The van der Waals surface area contributed by atoms with Crippen LogP contribution in [0.25, 0.3) is 0 Å². The van der Waals surface area contributed by atoms with Crippen LogP contribution in [0.1, 0.15) is 5.56 Å². The first kappa shape index (κ1) is 11.4. The van der Waals surface area contributed by atoms with Gasteiger partial charge in [0.2, 0.25) is 0 Å². The molecular formula is C12H12NO4-. The number of carboxylic acids is 1. The highest BCUT2D eigenvalue weighted by molar-refractivity contribution is 5.75. The molecule has 1 heterocycles. The summed E-state index contributed by atoms with van der Waals surface area (Å²) in [4.78, 5) is 23.2. The van der Waals surface area contributed by atoms with E-state index in [1.54, 1.807) is 0 Å². The number of hydrogen-bond donors (Lipinski definition) is 0.